The van der Waals surface area contributed by atoms with Gasteiger partial charge in [0.25, 0.3) is 11.9 Å². The third-order valence-corrected chi connectivity index (χ3v) is 2.21. The minimum atomic E-state index is -1.76. The number of aromatic nitrogens is 1. The fraction of sp³-hybridized carbons (Fsp3) is 0.0909. The predicted molar refractivity (Wildman–Crippen MR) is 58.6 cm³/mol. The van der Waals surface area contributed by atoms with E-state index in [4.69, 9.17) is 4.42 Å². The van der Waals surface area contributed by atoms with Crippen LogP contribution in [0, 0.1) is 23.5 Å². The number of hydrazone groups is 1. The first-order valence-corrected chi connectivity index (χ1v) is 5.05. The smallest absolute Gasteiger partial charge is 0.254 e. The SMILES string of the molecule is C/C(=N/Nc1c(F)c(F)nc(F)c1F)c1ccco1. The highest BCUT2D eigenvalue weighted by atomic mass is 19.2. The van der Waals surface area contributed by atoms with Gasteiger partial charge in [0, 0.05) is 0 Å². The summed E-state index contributed by atoms with van der Waals surface area (Å²) >= 11 is 0. The molecule has 2 aromatic rings. The van der Waals surface area contributed by atoms with Gasteiger partial charge in [-0.25, -0.2) is 0 Å². The number of furan rings is 1. The molecule has 0 bridgehead atoms. The van der Waals surface area contributed by atoms with Crippen molar-refractivity contribution < 1.29 is 22.0 Å². The molecule has 0 spiro atoms. The molecule has 2 heterocycles. The average Bonchev–Trinajstić information content (AvgIpc) is 2.90. The summed E-state index contributed by atoms with van der Waals surface area (Å²) in [4.78, 5) is 2.42. The third kappa shape index (κ3) is 2.56. The second-order valence-electron chi connectivity index (χ2n) is 3.48. The van der Waals surface area contributed by atoms with Crippen LogP contribution in [0.3, 0.4) is 0 Å². The van der Waals surface area contributed by atoms with Gasteiger partial charge in [0.1, 0.15) is 17.2 Å². The molecule has 0 amide bonds. The topological polar surface area (TPSA) is 50.4 Å². The van der Waals surface area contributed by atoms with E-state index >= 15 is 0 Å². The summed E-state index contributed by atoms with van der Waals surface area (Å²) in [6, 6.07) is 3.14. The van der Waals surface area contributed by atoms with Crippen LogP contribution in [0.5, 0.6) is 0 Å². The molecule has 0 aromatic carbocycles. The summed E-state index contributed by atoms with van der Waals surface area (Å²) in [6.45, 7) is 1.48. The minimum Gasteiger partial charge on any atom is -0.463 e. The molecule has 0 saturated carbocycles. The molecule has 0 fully saturated rings. The van der Waals surface area contributed by atoms with Crippen molar-refractivity contribution in [2.75, 3.05) is 5.43 Å². The van der Waals surface area contributed by atoms with E-state index < -0.39 is 29.2 Å². The van der Waals surface area contributed by atoms with Crippen LogP contribution in [0.1, 0.15) is 12.7 Å². The standard InChI is InChI=1S/C11H7F4N3O/c1-5(6-3-2-4-19-6)17-18-9-7(12)10(14)16-11(15)8(9)13/h2-4H,1H3,(H,16,18)/b17-5-. The third-order valence-electron chi connectivity index (χ3n) is 2.21. The fourth-order valence-corrected chi connectivity index (χ4v) is 1.26. The van der Waals surface area contributed by atoms with Crippen molar-refractivity contribution in [3.05, 3.63) is 47.7 Å². The monoisotopic (exact) mass is 273 g/mol. The van der Waals surface area contributed by atoms with Crippen molar-refractivity contribution in [3.8, 4) is 0 Å². The Hall–Kier alpha value is -2.38. The first-order chi connectivity index (χ1) is 9.00. The zero-order chi connectivity index (χ0) is 14.0. The number of halogens is 4. The van der Waals surface area contributed by atoms with Crippen LogP contribution >= 0.6 is 0 Å². The number of nitrogens with one attached hydrogen (secondary N) is 1. The predicted octanol–water partition coefficient (Wildman–Crippen LogP) is 3.07. The van der Waals surface area contributed by atoms with Crippen molar-refractivity contribution in [2.45, 2.75) is 6.92 Å². The number of nitrogens with zero attached hydrogens (tertiary/aromatic N) is 2. The highest BCUT2D eigenvalue weighted by Gasteiger charge is 2.20. The first kappa shape index (κ1) is 13.1. The largest absolute Gasteiger partial charge is 0.463 e. The van der Waals surface area contributed by atoms with E-state index in [1.807, 2.05) is 5.43 Å². The molecule has 2 aromatic heterocycles. The van der Waals surface area contributed by atoms with Crippen LogP contribution < -0.4 is 5.43 Å². The van der Waals surface area contributed by atoms with Gasteiger partial charge in [-0.05, 0) is 19.1 Å². The molecule has 0 aliphatic carbocycles. The zero-order valence-corrected chi connectivity index (χ0v) is 9.55. The van der Waals surface area contributed by atoms with Gasteiger partial charge in [-0.1, -0.05) is 0 Å². The molecule has 4 nitrogen and oxygen atoms in total. The van der Waals surface area contributed by atoms with Crippen LogP contribution in [-0.2, 0) is 0 Å². The maximum absolute atomic E-state index is 13.2. The molecular weight excluding hydrogens is 266 g/mol. The number of rotatable bonds is 3. The van der Waals surface area contributed by atoms with Gasteiger partial charge in [-0.2, -0.15) is 27.6 Å². The lowest BCUT2D eigenvalue weighted by Gasteiger charge is -2.05. The van der Waals surface area contributed by atoms with Crippen molar-refractivity contribution in [2.24, 2.45) is 5.10 Å². The summed E-state index contributed by atoms with van der Waals surface area (Å²) in [5.74, 6) is -6.49. The molecule has 1 N–H and O–H groups in total. The summed E-state index contributed by atoms with van der Waals surface area (Å²) in [7, 11) is 0. The van der Waals surface area contributed by atoms with Crippen LogP contribution in [0.15, 0.2) is 27.9 Å². The number of pyridine rings is 1. The molecule has 0 unspecified atom stereocenters. The van der Waals surface area contributed by atoms with Crippen molar-refractivity contribution >= 4 is 11.4 Å². The van der Waals surface area contributed by atoms with Gasteiger partial charge < -0.3 is 4.42 Å². The highest BCUT2D eigenvalue weighted by molar-refractivity contribution is 5.96. The van der Waals surface area contributed by atoms with Crippen LogP contribution in [0.2, 0.25) is 0 Å². The van der Waals surface area contributed by atoms with Crippen LogP contribution in [0.25, 0.3) is 0 Å². The average molecular weight is 273 g/mol. The summed E-state index contributed by atoms with van der Waals surface area (Å²) in [5.41, 5.74) is 1.09. The maximum Gasteiger partial charge on any atom is 0.254 e. The van der Waals surface area contributed by atoms with Gasteiger partial charge in [0.05, 0.1) is 6.26 Å². The molecule has 0 radical (unpaired) electrons. The van der Waals surface area contributed by atoms with E-state index in [1.165, 1.54) is 13.2 Å². The van der Waals surface area contributed by atoms with E-state index in [2.05, 4.69) is 10.1 Å². The number of hydrogen-bond donors (Lipinski definition) is 1. The van der Waals surface area contributed by atoms with Crippen molar-refractivity contribution in [3.63, 3.8) is 0 Å². The molecule has 8 heteroatoms. The summed E-state index contributed by atoms with van der Waals surface area (Å²) in [5, 5.41) is 3.57. The van der Waals surface area contributed by atoms with E-state index in [1.54, 1.807) is 12.1 Å². The molecule has 0 atom stereocenters. The van der Waals surface area contributed by atoms with Gasteiger partial charge in [-0.3, -0.25) is 5.43 Å². The molecule has 0 aliphatic rings. The van der Waals surface area contributed by atoms with Crippen molar-refractivity contribution in [1.29, 1.82) is 0 Å². The summed E-state index contributed by atoms with van der Waals surface area (Å²) in [6.07, 6.45) is 1.38. The van der Waals surface area contributed by atoms with E-state index in [9.17, 15) is 17.6 Å². The molecule has 0 saturated heterocycles. The molecular formula is C11H7F4N3O. The lowest BCUT2D eigenvalue weighted by atomic mass is 10.3. The Morgan fingerprint density at radius 3 is 2.37 bits per heavy atom. The Morgan fingerprint density at radius 1 is 1.21 bits per heavy atom. The maximum atomic E-state index is 13.2. The van der Waals surface area contributed by atoms with Gasteiger partial charge >= 0.3 is 0 Å². The fourth-order valence-electron chi connectivity index (χ4n) is 1.26. The summed E-state index contributed by atoms with van der Waals surface area (Å²) < 4.78 is 57.1. The normalized spacial score (nSPS) is 11.7. The van der Waals surface area contributed by atoms with E-state index in [0.29, 0.717) is 5.76 Å². The lowest BCUT2D eigenvalue weighted by molar-refractivity contribution is 0.411. The number of hydrogen-bond acceptors (Lipinski definition) is 4. The molecule has 2 rings (SSSR count). The quantitative estimate of drug-likeness (QED) is 0.404. The van der Waals surface area contributed by atoms with E-state index in [0.717, 1.165) is 0 Å². The lowest BCUT2D eigenvalue weighted by Crippen LogP contribution is -2.07. The van der Waals surface area contributed by atoms with Gasteiger partial charge in [0.15, 0.2) is 0 Å². The van der Waals surface area contributed by atoms with E-state index in [-0.39, 0.29) is 5.71 Å². The van der Waals surface area contributed by atoms with Crippen LogP contribution in [0.4, 0.5) is 23.2 Å². The second-order valence-corrected chi connectivity index (χ2v) is 3.48. The minimum absolute atomic E-state index is 0.237. The van der Waals surface area contributed by atoms with Gasteiger partial charge in [-0.15, -0.1) is 0 Å². The zero-order valence-electron chi connectivity index (χ0n) is 9.55. The highest BCUT2D eigenvalue weighted by Crippen LogP contribution is 2.22. The Balaban J connectivity index is 2.32. The molecule has 0 aliphatic heterocycles. The Kier molecular flexibility index (Phi) is 3.50. The first-order valence-electron chi connectivity index (χ1n) is 5.05. The number of anilines is 1. The Labute approximate surface area is 104 Å². The molecule has 19 heavy (non-hydrogen) atoms. The van der Waals surface area contributed by atoms with Crippen molar-refractivity contribution in [1.82, 2.24) is 4.98 Å². The second kappa shape index (κ2) is 5.09. The Bertz CT molecular complexity index is 599. The van der Waals surface area contributed by atoms with Crippen LogP contribution in [-0.4, -0.2) is 10.7 Å². The van der Waals surface area contributed by atoms with Gasteiger partial charge in [0.2, 0.25) is 11.6 Å². The Morgan fingerprint density at radius 2 is 1.84 bits per heavy atom. The molecule has 100 valence electrons.